The molecule has 2 atom stereocenters. The Kier molecular flexibility index (Phi) is 4.99. The van der Waals surface area contributed by atoms with Crippen LogP contribution in [0.4, 0.5) is 0 Å². The second-order valence-electron chi connectivity index (χ2n) is 5.49. The molecule has 106 valence electrons. The monoisotopic (exact) mass is 281 g/mol. The van der Waals surface area contributed by atoms with E-state index in [1.807, 2.05) is 6.07 Å². The van der Waals surface area contributed by atoms with E-state index >= 15 is 0 Å². The van der Waals surface area contributed by atoms with Crippen LogP contribution < -0.4 is 5.32 Å². The van der Waals surface area contributed by atoms with E-state index in [1.165, 1.54) is 31.1 Å². The smallest absolute Gasteiger partial charge is 0.148 e. The molecule has 0 spiro atoms. The fourth-order valence-electron chi connectivity index (χ4n) is 2.90. The number of hydrogen-bond acceptors (Lipinski definition) is 3. The lowest BCUT2D eigenvalue weighted by Crippen LogP contribution is -2.39. The molecule has 0 aliphatic heterocycles. The predicted octanol–water partition coefficient (Wildman–Crippen LogP) is 2.35. The van der Waals surface area contributed by atoms with Crippen LogP contribution in [0.15, 0.2) is 30.3 Å². The third-order valence-corrected chi connectivity index (χ3v) is 4.82. The average molecular weight is 281 g/mol. The van der Waals surface area contributed by atoms with Gasteiger partial charge in [-0.25, -0.2) is 8.42 Å². The van der Waals surface area contributed by atoms with E-state index in [1.54, 1.807) is 0 Å². The first-order valence-corrected chi connectivity index (χ1v) is 9.08. The average Bonchev–Trinajstić information content (AvgIpc) is 2.39. The summed E-state index contributed by atoms with van der Waals surface area (Å²) in [4.78, 5) is 0. The Hall–Kier alpha value is -0.870. The van der Waals surface area contributed by atoms with E-state index in [4.69, 9.17) is 0 Å². The fourth-order valence-corrected chi connectivity index (χ4v) is 3.39. The topological polar surface area (TPSA) is 46.2 Å². The highest BCUT2D eigenvalue weighted by Gasteiger charge is 2.25. The number of rotatable bonds is 5. The van der Waals surface area contributed by atoms with Gasteiger partial charge in [-0.05, 0) is 24.3 Å². The van der Waals surface area contributed by atoms with Gasteiger partial charge in [-0.2, -0.15) is 0 Å². The summed E-state index contributed by atoms with van der Waals surface area (Å²) < 4.78 is 22.4. The summed E-state index contributed by atoms with van der Waals surface area (Å²) in [5, 5.41) is 3.45. The van der Waals surface area contributed by atoms with E-state index in [-0.39, 0.29) is 5.75 Å². The van der Waals surface area contributed by atoms with Crippen LogP contribution >= 0.6 is 0 Å². The number of hydrogen-bond donors (Lipinski definition) is 1. The fraction of sp³-hybridized carbons (Fsp3) is 0.600. The molecule has 0 heterocycles. The number of sulfone groups is 1. The Labute approximate surface area is 116 Å². The molecule has 4 heteroatoms. The molecule has 2 rings (SSSR count). The van der Waals surface area contributed by atoms with Gasteiger partial charge in [-0.15, -0.1) is 0 Å². The van der Waals surface area contributed by atoms with Crippen molar-refractivity contribution in [2.75, 3.05) is 18.6 Å². The maximum atomic E-state index is 11.2. The molecule has 1 saturated carbocycles. The second kappa shape index (κ2) is 6.53. The third kappa shape index (κ3) is 4.62. The number of benzene rings is 1. The molecule has 1 aromatic rings. The molecular weight excluding hydrogens is 258 g/mol. The van der Waals surface area contributed by atoms with Gasteiger partial charge in [0.15, 0.2) is 0 Å². The van der Waals surface area contributed by atoms with Gasteiger partial charge in [-0.1, -0.05) is 43.2 Å². The zero-order valence-corrected chi connectivity index (χ0v) is 12.3. The zero-order valence-electron chi connectivity index (χ0n) is 11.5. The minimum atomic E-state index is -2.87. The Morgan fingerprint density at radius 3 is 2.53 bits per heavy atom. The summed E-state index contributed by atoms with van der Waals surface area (Å²) in [5.74, 6) is 0.750. The summed E-state index contributed by atoms with van der Waals surface area (Å²) in [6, 6.07) is 11.0. The van der Waals surface area contributed by atoms with Crippen LogP contribution in [0.2, 0.25) is 0 Å². The standard InChI is InChI=1S/C15H23NO2S/c1-19(17,18)12-11-16-15-10-6-5-9-14(15)13-7-3-2-4-8-13/h2-4,7-8,14-16H,5-6,9-12H2,1H3/t14-,15-/m0/s1. The van der Waals surface area contributed by atoms with Gasteiger partial charge in [0.05, 0.1) is 5.75 Å². The minimum absolute atomic E-state index is 0.227. The van der Waals surface area contributed by atoms with Gasteiger partial charge in [0, 0.05) is 18.8 Å². The van der Waals surface area contributed by atoms with Crippen LogP contribution in [0.25, 0.3) is 0 Å². The van der Waals surface area contributed by atoms with Crippen molar-refractivity contribution in [3.05, 3.63) is 35.9 Å². The molecule has 0 aromatic heterocycles. The molecule has 1 aliphatic rings. The largest absolute Gasteiger partial charge is 0.312 e. The molecule has 0 unspecified atom stereocenters. The highest BCUT2D eigenvalue weighted by Crippen LogP contribution is 2.32. The van der Waals surface area contributed by atoms with Gasteiger partial charge in [0.1, 0.15) is 9.84 Å². The summed E-state index contributed by atoms with van der Waals surface area (Å²) in [6.45, 7) is 0.562. The summed E-state index contributed by atoms with van der Waals surface area (Å²) in [6.07, 6.45) is 6.14. The van der Waals surface area contributed by atoms with E-state index < -0.39 is 9.84 Å². The second-order valence-corrected chi connectivity index (χ2v) is 7.75. The van der Waals surface area contributed by atoms with E-state index in [9.17, 15) is 8.42 Å². The zero-order chi connectivity index (χ0) is 13.7. The van der Waals surface area contributed by atoms with Gasteiger partial charge < -0.3 is 5.32 Å². The maximum Gasteiger partial charge on any atom is 0.148 e. The quantitative estimate of drug-likeness (QED) is 0.901. The number of nitrogens with one attached hydrogen (secondary N) is 1. The minimum Gasteiger partial charge on any atom is -0.312 e. The highest BCUT2D eigenvalue weighted by atomic mass is 32.2. The van der Waals surface area contributed by atoms with Crippen molar-refractivity contribution in [1.82, 2.24) is 5.32 Å². The maximum absolute atomic E-state index is 11.2. The molecule has 1 aromatic carbocycles. The molecule has 1 aliphatic carbocycles. The van der Waals surface area contributed by atoms with Crippen LogP contribution in [0.1, 0.15) is 37.2 Å². The molecule has 0 amide bonds. The van der Waals surface area contributed by atoms with Crippen molar-refractivity contribution in [2.45, 2.75) is 37.6 Å². The summed E-state index contributed by atoms with van der Waals surface area (Å²) in [5.41, 5.74) is 1.37. The van der Waals surface area contributed by atoms with Crippen LogP contribution in [-0.2, 0) is 9.84 Å². The lowest BCUT2D eigenvalue weighted by molar-refractivity contribution is 0.333. The first-order valence-electron chi connectivity index (χ1n) is 7.02. The molecule has 19 heavy (non-hydrogen) atoms. The SMILES string of the molecule is CS(=O)(=O)CCN[C@H]1CCCC[C@H]1c1ccccc1. The van der Waals surface area contributed by atoms with Crippen molar-refractivity contribution in [1.29, 1.82) is 0 Å². The molecule has 1 fully saturated rings. The summed E-state index contributed by atoms with van der Waals surface area (Å²) in [7, 11) is -2.87. The van der Waals surface area contributed by atoms with Gasteiger partial charge in [0.25, 0.3) is 0 Å². The van der Waals surface area contributed by atoms with Crippen LogP contribution in [0, 0.1) is 0 Å². The Morgan fingerprint density at radius 2 is 1.84 bits per heavy atom. The lowest BCUT2D eigenvalue weighted by Gasteiger charge is -2.32. The Bertz CT molecular complexity index is 484. The molecule has 3 nitrogen and oxygen atoms in total. The van der Waals surface area contributed by atoms with Crippen molar-refractivity contribution in [3.8, 4) is 0 Å². The van der Waals surface area contributed by atoms with Crippen LogP contribution in [-0.4, -0.2) is 33.0 Å². The Morgan fingerprint density at radius 1 is 1.16 bits per heavy atom. The Balaban J connectivity index is 1.97. The first kappa shape index (κ1) is 14.5. The van der Waals surface area contributed by atoms with Gasteiger partial charge in [0.2, 0.25) is 0 Å². The normalized spacial score (nSPS) is 24.3. The molecule has 0 radical (unpaired) electrons. The highest BCUT2D eigenvalue weighted by molar-refractivity contribution is 7.90. The van der Waals surface area contributed by atoms with Gasteiger partial charge >= 0.3 is 0 Å². The molecule has 1 N–H and O–H groups in total. The third-order valence-electron chi connectivity index (χ3n) is 3.87. The molecular formula is C15H23NO2S. The lowest BCUT2D eigenvalue weighted by atomic mass is 9.80. The van der Waals surface area contributed by atoms with Crippen molar-refractivity contribution < 1.29 is 8.42 Å². The van der Waals surface area contributed by atoms with Gasteiger partial charge in [-0.3, -0.25) is 0 Å². The van der Waals surface area contributed by atoms with E-state index in [0.717, 1.165) is 6.42 Å². The molecule has 0 bridgehead atoms. The van der Waals surface area contributed by atoms with Crippen LogP contribution in [0.3, 0.4) is 0 Å². The first-order chi connectivity index (χ1) is 9.06. The predicted molar refractivity (Wildman–Crippen MR) is 79.2 cm³/mol. The van der Waals surface area contributed by atoms with Crippen LogP contribution in [0.5, 0.6) is 0 Å². The van der Waals surface area contributed by atoms with Crippen molar-refractivity contribution >= 4 is 9.84 Å². The summed E-state index contributed by atoms with van der Waals surface area (Å²) >= 11 is 0. The van der Waals surface area contributed by atoms with Crippen molar-refractivity contribution in [2.24, 2.45) is 0 Å². The van der Waals surface area contributed by atoms with E-state index in [0.29, 0.717) is 18.5 Å². The molecule has 0 saturated heterocycles. The van der Waals surface area contributed by atoms with Crippen molar-refractivity contribution in [3.63, 3.8) is 0 Å². The van der Waals surface area contributed by atoms with E-state index in [2.05, 4.69) is 29.6 Å².